The summed E-state index contributed by atoms with van der Waals surface area (Å²) >= 11 is 3.25. The molecule has 8 heteroatoms. The van der Waals surface area contributed by atoms with E-state index in [2.05, 4.69) is 45.9 Å². The molecule has 0 spiro atoms. The van der Waals surface area contributed by atoms with E-state index in [4.69, 9.17) is 4.98 Å². The monoisotopic (exact) mass is 465 g/mol. The van der Waals surface area contributed by atoms with Crippen LogP contribution in [-0.4, -0.2) is 37.8 Å². The van der Waals surface area contributed by atoms with E-state index < -0.39 is 0 Å². The van der Waals surface area contributed by atoms with Gasteiger partial charge >= 0.3 is 0 Å². The predicted octanol–water partition coefficient (Wildman–Crippen LogP) is 4.79. The van der Waals surface area contributed by atoms with Crippen LogP contribution in [0.5, 0.6) is 0 Å². The third-order valence-corrected chi connectivity index (χ3v) is 8.00. The van der Waals surface area contributed by atoms with Gasteiger partial charge in [-0.05, 0) is 43.2 Å². The van der Waals surface area contributed by atoms with Crippen molar-refractivity contribution >= 4 is 44.9 Å². The maximum absolute atomic E-state index is 12.4. The third kappa shape index (κ3) is 4.13. The maximum atomic E-state index is 12.4. The van der Waals surface area contributed by atoms with E-state index >= 15 is 0 Å². The standard InChI is InChI=1S/C24H27N5OS2/c1-15(2)21-26-23-20(17-10-6-7-11-18(17)32-23)22-27-28-24(29(21)22)31-14-19(30)25-13-12-16-8-4-3-5-9-16/h3-5,8-9,15H,6-7,10-14H2,1-2H3,(H,25,30). The molecule has 32 heavy (non-hydrogen) atoms. The van der Waals surface area contributed by atoms with Crippen molar-refractivity contribution < 1.29 is 4.79 Å². The Labute approximate surface area is 195 Å². The van der Waals surface area contributed by atoms with Gasteiger partial charge in [0.1, 0.15) is 10.7 Å². The Bertz CT molecular complexity index is 1260. The summed E-state index contributed by atoms with van der Waals surface area (Å²) < 4.78 is 2.08. The molecule has 1 amide bonds. The van der Waals surface area contributed by atoms with Gasteiger partial charge in [-0.2, -0.15) is 0 Å². The lowest BCUT2D eigenvalue weighted by atomic mass is 9.97. The summed E-state index contributed by atoms with van der Waals surface area (Å²) in [6.45, 7) is 4.92. The molecule has 0 atom stereocenters. The molecule has 0 saturated heterocycles. The summed E-state index contributed by atoms with van der Waals surface area (Å²) in [7, 11) is 0. The highest BCUT2D eigenvalue weighted by Gasteiger charge is 2.24. The lowest BCUT2D eigenvalue weighted by Crippen LogP contribution is -2.27. The fourth-order valence-electron chi connectivity index (χ4n) is 4.31. The zero-order valence-corrected chi connectivity index (χ0v) is 20.1. The number of carbonyl (C=O) groups excluding carboxylic acids is 1. The van der Waals surface area contributed by atoms with E-state index in [0.29, 0.717) is 12.3 Å². The topological polar surface area (TPSA) is 72.2 Å². The molecule has 4 aromatic rings. The first-order valence-corrected chi connectivity index (χ1v) is 13.0. The average molecular weight is 466 g/mol. The fraction of sp³-hybridized carbons (Fsp3) is 0.417. The average Bonchev–Trinajstić information content (AvgIpc) is 3.38. The first-order chi connectivity index (χ1) is 15.6. The Kier molecular flexibility index (Phi) is 6.15. The van der Waals surface area contributed by atoms with Crippen LogP contribution in [0.25, 0.3) is 15.9 Å². The minimum absolute atomic E-state index is 0.00993. The molecule has 1 aromatic carbocycles. The number of aryl methyl sites for hydroxylation is 2. The van der Waals surface area contributed by atoms with Crippen molar-refractivity contribution in [3.63, 3.8) is 0 Å². The number of thioether (sulfide) groups is 1. The maximum Gasteiger partial charge on any atom is 0.230 e. The SMILES string of the molecule is CC(C)c1nc2sc3c(c2c2nnc(SCC(=O)NCCc4ccccc4)n12)CCCC3. The number of rotatable bonds is 7. The van der Waals surface area contributed by atoms with Gasteiger partial charge in [0.15, 0.2) is 10.8 Å². The third-order valence-electron chi connectivity index (χ3n) is 5.88. The van der Waals surface area contributed by atoms with Crippen LogP contribution in [-0.2, 0) is 24.1 Å². The van der Waals surface area contributed by atoms with Crippen LogP contribution in [0.4, 0.5) is 0 Å². The number of hydrogen-bond acceptors (Lipinski definition) is 6. The highest BCUT2D eigenvalue weighted by atomic mass is 32.2. The van der Waals surface area contributed by atoms with Crippen LogP contribution < -0.4 is 5.32 Å². The second-order valence-electron chi connectivity index (χ2n) is 8.53. The predicted molar refractivity (Wildman–Crippen MR) is 131 cm³/mol. The molecule has 0 bridgehead atoms. The largest absolute Gasteiger partial charge is 0.355 e. The van der Waals surface area contributed by atoms with Crippen LogP contribution in [0, 0.1) is 0 Å². The van der Waals surface area contributed by atoms with E-state index in [-0.39, 0.29) is 11.8 Å². The molecule has 5 rings (SSSR count). The van der Waals surface area contributed by atoms with Crippen LogP contribution in [0.3, 0.4) is 0 Å². The summed E-state index contributed by atoms with van der Waals surface area (Å²) in [5, 5.41) is 14.0. The van der Waals surface area contributed by atoms with Gasteiger partial charge in [-0.15, -0.1) is 21.5 Å². The number of thiophene rings is 1. The molecule has 3 aromatic heterocycles. The van der Waals surface area contributed by atoms with E-state index in [1.54, 1.807) is 0 Å². The number of nitrogens with one attached hydrogen (secondary N) is 1. The summed E-state index contributed by atoms with van der Waals surface area (Å²) in [5.41, 5.74) is 3.52. The molecular formula is C24H27N5OS2. The Morgan fingerprint density at radius 2 is 2.00 bits per heavy atom. The number of hydrogen-bond donors (Lipinski definition) is 1. The van der Waals surface area contributed by atoms with Gasteiger partial charge in [0, 0.05) is 17.3 Å². The van der Waals surface area contributed by atoms with E-state index in [9.17, 15) is 4.79 Å². The van der Waals surface area contributed by atoms with Crippen molar-refractivity contribution in [3.05, 3.63) is 52.2 Å². The number of aromatic nitrogens is 4. The van der Waals surface area contributed by atoms with Crippen molar-refractivity contribution in [2.24, 2.45) is 0 Å². The van der Waals surface area contributed by atoms with E-state index in [1.807, 2.05) is 29.5 Å². The van der Waals surface area contributed by atoms with Gasteiger partial charge < -0.3 is 5.32 Å². The molecule has 0 fully saturated rings. The van der Waals surface area contributed by atoms with Gasteiger partial charge in [-0.25, -0.2) is 4.98 Å². The van der Waals surface area contributed by atoms with Crippen molar-refractivity contribution in [1.29, 1.82) is 0 Å². The zero-order valence-electron chi connectivity index (χ0n) is 18.4. The normalized spacial score (nSPS) is 13.7. The molecule has 1 aliphatic carbocycles. The number of carbonyl (C=O) groups is 1. The van der Waals surface area contributed by atoms with Crippen molar-refractivity contribution in [3.8, 4) is 0 Å². The highest BCUT2D eigenvalue weighted by molar-refractivity contribution is 7.99. The lowest BCUT2D eigenvalue weighted by molar-refractivity contribution is -0.118. The molecule has 3 heterocycles. The molecular weight excluding hydrogens is 438 g/mol. The minimum atomic E-state index is 0.00993. The molecule has 6 nitrogen and oxygen atoms in total. The summed E-state index contributed by atoms with van der Waals surface area (Å²) in [6.07, 6.45) is 5.52. The second-order valence-corrected chi connectivity index (χ2v) is 10.6. The lowest BCUT2D eigenvalue weighted by Gasteiger charge is -2.12. The number of amides is 1. The zero-order chi connectivity index (χ0) is 22.1. The summed E-state index contributed by atoms with van der Waals surface area (Å²) in [4.78, 5) is 20.0. The van der Waals surface area contributed by atoms with E-state index in [0.717, 1.165) is 40.7 Å². The van der Waals surface area contributed by atoms with Crippen molar-refractivity contribution in [2.75, 3.05) is 12.3 Å². The number of benzene rings is 1. The van der Waals surface area contributed by atoms with Crippen molar-refractivity contribution in [1.82, 2.24) is 24.9 Å². The fourth-order valence-corrected chi connectivity index (χ4v) is 6.34. The Morgan fingerprint density at radius 1 is 1.19 bits per heavy atom. The molecule has 1 aliphatic rings. The van der Waals surface area contributed by atoms with Gasteiger partial charge in [0.25, 0.3) is 0 Å². The smallest absolute Gasteiger partial charge is 0.230 e. The first-order valence-electron chi connectivity index (χ1n) is 11.2. The summed E-state index contributed by atoms with van der Waals surface area (Å²) in [5.74, 6) is 1.52. The first kappa shape index (κ1) is 21.4. The molecule has 0 unspecified atom stereocenters. The van der Waals surface area contributed by atoms with Crippen molar-refractivity contribution in [2.45, 2.75) is 57.0 Å². The molecule has 0 saturated carbocycles. The summed E-state index contributed by atoms with van der Waals surface area (Å²) in [6, 6.07) is 10.2. The quantitative estimate of drug-likeness (QED) is 0.397. The Balaban J connectivity index is 1.36. The van der Waals surface area contributed by atoms with Crippen LogP contribution in [0.1, 0.15) is 54.4 Å². The Hall–Kier alpha value is -2.45. The number of fused-ring (bicyclic) bond motifs is 5. The second kappa shape index (κ2) is 9.19. The van der Waals surface area contributed by atoms with E-state index in [1.165, 1.54) is 46.0 Å². The molecule has 0 aliphatic heterocycles. The van der Waals surface area contributed by atoms with Crippen LogP contribution in [0.2, 0.25) is 0 Å². The number of nitrogens with zero attached hydrogens (tertiary/aromatic N) is 4. The Morgan fingerprint density at radius 3 is 2.81 bits per heavy atom. The van der Waals surface area contributed by atoms with Gasteiger partial charge in [-0.1, -0.05) is 55.9 Å². The van der Waals surface area contributed by atoms with Crippen LogP contribution in [0.15, 0.2) is 35.5 Å². The highest BCUT2D eigenvalue weighted by Crippen LogP contribution is 2.39. The van der Waals surface area contributed by atoms with Gasteiger partial charge in [0.05, 0.1) is 11.1 Å². The molecule has 166 valence electrons. The molecule has 1 N–H and O–H groups in total. The van der Waals surface area contributed by atoms with Crippen LogP contribution >= 0.6 is 23.1 Å². The molecule has 0 radical (unpaired) electrons. The minimum Gasteiger partial charge on any atom is -0.355 e. The van der Waals surface area contributed by atoms with Gasteiger partial charge in [0.2, 0.25) is 5.91 Å². The van der Waals surface area contributed by atoms with Gasteiger partial charge in [-0.3, -0.25) is 9.20 Å².